The minimum absolute atomic E-state index is 0.665. The molecular weight excluding hydrogens is 260 g/mol. The lowest BCUT2D eigenvalue weighted by molar-refractivity contribution is 0.340. The van der Waals surface area contributed by atoms with Crippen molar-refractivity contribution in [2.45, 2.75) is 6.92 Å². The second-order valence-corrected chi connectivity index (χ2v) is 4.19. The molecule has 0 saturated carbocycles. The van der Waals surface area contributed by atoms with Crippen LogP contribution in [-0.2, 0) is 0 Å². The van der Waals surface area contributed by atoms with Crippen molar-refractivity contribution >= 4 is 0 Å². The molecule has 104 valence electrons. The number of ether oxygens (including phenoxy) is 2. The summed E-state index contributed by atoms with van der Waals surface area (Å²) in [6.45, 7) is 2.63. The van der Waals surface area contributed by atoms with Crippen molar-refractivity contribution in [3.8, 4) is 35.2 Å². The molecule has 0 heterocycles. The van der Waals surface area contributed by atoms with Crippen molar-refractivity contribution in [1.29, 1.82) is 0 Å². The highest BCUT2D eigenvalue weighted by Crippen LogP contribution is 2.11. The highest BCUT2D eigenvalue weighted by Gasteiger charge is 1.91. The Kier molecular flexibility index (Phi) is 5.33. The molecule has 2 aromatic rings. The molecule has 0 fully saturated rings. The second-order valence-electron chi connectivity index (χ2n) is 4.19. The fourth-order valence-electron chi connectivity index (χ4n) is 1.68. The minimum atomic E-state index is 0.665. The van der Waals surface area contributed by atoms with Gasteiger partial charge in [-0.15, -0.1) is 0 Å². The Balaban J connectivity index is 2.01. The Morgan fingerprint density at radius 2 is 1.24 bits per heavy atom. The summed E-state index contributed by atoms with van der Waals surface area (Å²) in [7, 11) is 1.64. The zero-order valence-corrected chi connectivity index (χ0v) is 12.1. The first-order chi connectivity index (χ1) is 10.3. The van der Waals surface area contributed by atoms with E-state index in [2.05, 4.69) is 23.7 Å². The van der Waals surface area contributed by atoms with Crippen molar-refractivity contribution < 1.29 is 9.47 Å². The normalized spacial score (nSPS) is 8.86. The van der Waals surface area contributed by atoms with Gasteiger partial charge in [-0.05, 0) is 67.3 Å². The van der Waals surface area contributed by atoms with Crippen molar-refractivity contribution in [3.63, 3.8) is 0 Å². The largest absolute Gasteiger partial charge is 0.497 e. The van der Waals surface area contributed by atoms with Crippen molar-refractivity contribution in [3.05, 3.63) is 59.7 Å². The zero-order chi connectivity index (χ0) is 14.9. The third-order valence-electron chi connectivity index (χ3n) is 2.73. The van der Waals surface area contributed by atoms with Crippen LogP contribution >= 0.6 is 0 Å². The lowest BCUT2D eigenvalue weighted by Gasteiger charge is -2.00. The van der Waals surface area contributed by atoms with E-state index in [1.54, 1.807) is 7.11 Å². The first-order valence-corrected chi connectivity index (χ1v) is 6.71. The molecule has 21 heavy (non-hydrogen) atoms. The van der Waals surface area contributed by atoms with Crippen LogP contribution in [0.25, 0.3) is 0 Å². The molecular formula is C19H16O2. The van der Waals surface area contributed by atoms with Gasteiger partial charge in [0.2, 0.25) is 0 Å². The highest BCUT2D eigenvalue weighted by molar-refractivity contribution is 5.46. The lowest BCUT2D eigenvalue weighted by Crippen LogP contribution is -1.90. The van der Waals surface area contributed by atoms with Crippen molar-refractivity contribution in [1.82, 2.24) is 0 Å². The van der Waals surface area contributed by atoms with Gasteiger partial charge in [-0.25, -0.2) is 0 Å². The number of methoxy groups -OCH3 is 1. The Hall–Kier alpha value is -2.84. The SMILES string of the molecule is CCOc1ccc(C#CC#Cc2ccc(OC)cc2)cc1. The quantitative estimate of drug-likeness (QED) is 0.799. The van der Waals surface area contributed by atoms with Crippen LogP contribution < -0.4 is 9.47 Å². The number of benzene rings is 2. The molecule has 2 nitrogen and oxygen atoms in total. The predicted molar refractivity (Wildman–Crippen MR) is 84.4 cm³/mol. The Labute approximate surface area is 125 Å². The van der Waals surface area contributed by atoms with Gasteiger partial charge in [0.1, 0.15) is 11.5 Å². The maximum Gasteiger partial charge on any atom is 0.119 e. The van der Waals surface area contributed by atoms with E-state index in [1.165, 1.54) is 0 Å². The summed E-state index contributed by atoms with van der Waals surface area (Å²) in [4.78, 5) is 0. The summed E-state index contributed by atoms with van der Waals surface area (Å²) in [5.74, 6) is 13.4. The predicted octanol–water partition coefficient (Wildman–Crippen LogP) is 3.50. The van der Waals surface area contributed by atoms with E-state index >= 15 is 0 Å². The molecule has 0 unspecified atom stereocenters. The first-order valence-electron chi connectivity index (χ1n) is 6.71. The third kappa shape index (κ3) is 4.64. The molecule has 0 aromatic heterocycles. The number of rotatable bonds is 3. The maximum absolute atomic E-state index is 5.38. The van der Waals surface area contributed by atoms with Gasteiger partial charge in [-0.1, -0.05) is 11.8 Å². The highest BCUT2D eigenvalue weighted by atomic mass is 16.5. The van der Waals surface area contributed by atoms with Gasteiger partial charge in [0.15, 0.2) is 0 Å². The van der Waals surface area contributed by atoms with Crippen LogP contribution in [0.4, 0.5) is 0 Å². The van der Waals surface area contributed by atoms with Gasteiger partial charge in [0.25, 0.3) is 0 Å². The molecule has 2 rings (SSSR count). The smallest absolute Gasteiger partial charge is 0.119 e. The Morgan fingerprint density at radius 1 is 0.762 bits per heavy atom. The summed E-state index contributed by atoms with van der Waals surface area (Å²) in [5.41, 5.74) is 1.83. The van der Waals surface area contributed by atoms with Crippen LogP contribution in [0.5, 0.6) is 11.5 Å². The summed E-state index contributed by atoms with van der Waals surface area (Å²) < 4.78 is 10.5. The van der Waals surface area contributed by atoms with Gasteiger partial charge in [-0.2, -0.15) is 0 Å². The summed E-state index contributed by atoms with van der Waals surface area (Å²) >= 11 is 0. The van der Waals surface area contributed by atoms with E-state index in [0.29, 0.717) is 6.61 Å². The van der Waals surface area contributed by atoms with E-state index in [0.717, 1.165) is 22.6 Å². The fourth-order valence-corrected chi connectivity index (χ4v) is 1.68. The molecule has 0 amide bonds. The van der Waals surface area contributed by atoms with E-state index < -0.39 is 0 Å². The topological polar surface area (TPSA) is 18.5 Å². The average molecular weight is 276 g/mol. The zero-order valence-electron chi connectivity index (χ0n) is 12.1. The maximum atomic E-state index is 5.38. The Morgan fingerprint density at radius 3 is 1.67 bits per heavy atom. The van der Waals surface area contributed by atoms with Crippen LogP contribution in [0.2, 0.25) is 0 Å². The van der Waals surface area contributed by atoms with E-state index in [1.807, 2.05) is 55.5 Å². The van der Waals surface area contributed by atoms with E-state index in [9.17, 15) is 0 Å². The van der Waals surface area contributed by atoms with Gasteiger partial charge in [0.05, 0.1) is 13.7 Å². The molecule has 0 aliphatic heterocycles. The molecule has 0 radical (unpaired) electrons. The third-order valence-corrected chi connectivity index (χ3v) is 2.73. The number of hydrogen-bond donors (Lipinski definition) is 0. The van der Waals surface area contributed by atoms with Crippen LogP contribution in [-0.4, -0.2) is 13.7 Å². The van der Waals surface area contributed by atoms with Gasteiger partial charge >= 0.3 is 0 Å². The van der Waals surface area contributed by atoms with Crippen LogP contribution in [0.1, 0.15) is 18.1 Å². The summed E-state index contributed by atoms with van der Waals surface area (Å²) in [5, 5.41) is 0. The monoisotopic (exact) mass is 276 g/mol. The van der Waals surface area contributed by atoms with E-state index in [4.69, 9.17) is 9.47 Å². The molecule has 0 spiro atoms. The molecule has 0 N–H and O–H groups in total. The standard InChI is InChI=1S/C19H16O2/c1-3-21-19-14-10-17(11-15-19)7-5-4-6-16-8-12-18(20-2)13-9-16/h8-15H,3H2,1-2H3. The summed E-state index contributed by atoms with van der Waals surface area (Å²) in [6, 6.07) is 15.2. The molecule has 2 heteroatoms. The molecule has 2 aromatic carbocycles. The lowest BCUT2D eigenvalue weighted by atomic mass is 10.2. The number of hydrogen-bond acceptors (Lipinski definition) is 2. The van der Waals surface area contributed by atoms with Crippen LogP contribution in [0.15, 0.2) is 48.5 Å². The first kappa shape index (κ1) is 14.6. The Bertz CT molecular complexity index is 690. The molecule has 0 aliphatic carbocycles. The second kappa shape index (κ2) is 7.68. The molecule has 0 aliphatic rings. The molecule has 0 atom stereocenters. The fraction of sp³-hybridized carbons (Fsp3) is 0.158. The van der Waals surface area contributed by atoms with Gasteiger partial charge < -0.3 is 9.47 Å². The molecule has 0 saturated heterocycles. The van der Waals surface area contributed by atoms with Crippen molar-refractivity contribution in [2.75, 3.05) is 13.7 Å². The minimum Gasteiger partial charge on any atom is -0.497 e. The van der Waals surface area contributed by atoms with Gasteiger partial charge in [-0.3, -0.25) is 0 Å². The average Bonchev–Trinajstić information content (AvgIpc) is 2.54. The summed E-state index contributed by atoms with van der Waals surface area (Å²) in [6.07, 6.45) is 0. The van der Waals surface area contributed by atoms with Gasteiger partial charge in [0, 0.05) is 11.1 Å². The van der Waals surface area contributed by atoms with Crippen molar-refractivity contribution in [2.24, 2.45) is 0 Å². The molecule has 0 bridgehead atoms. The van der Waals surface area contributed by atoms with E-state index in [-0.39, 0.29) is 0 Å². The van der Waals surface area contributed by atoms with Crippen LogP contribution in [0.3, 0.4) is 0 Å². The van der Waals surface area contributed by atoms with Crippen LogP contribution in [0, 0.1) is 23.7 Å².